The van der Waals surface area contributed by atoms with Gasteiger partial charge in [-0.3, -0.25) is 4.79 Å². The molecule has 0 radical (unpaired) electrons. The van der Waals surface area contributed by atoms with Crippen molar-refractivity contribution >= 4 is 16.0 Å². The highest BCUT2D eigenvalue weighted by molar-refractivity contribution is 7.88. The first-order chi connectivity index (χ1) is 9.84. The Morgan fingerprint density at radius 2 is 2.19 bits per heavy atom. The SMILES string of the molecule is CC(CCCNS(=O)(=O)Cc1cccc(C#N)c1)C(=O)O. The normalized spacial score (nSPS) is 12.6. The molecule has 0 aliphatic rings. The van der Waals surface area contributed by atoms with Gasteiger partial charge in [0.1, 0.15) is 0 Å². The monoisotopic (exact) mass is 310 g/mol. The first-order valence-electron chi connectivity index (χ1n) is 6.53. The van der Waals surface area contributed by atoms with Crippen molar-refractivity contribution in [2.75, 3.05) is 6.54 Å². The molecule has 21 heavy (non-hydrogen) atoms. The maximum Gasteiger partial charge on any atom is 0.306 e. The van der Waals surface area contributed by atoms with E-state index in [1.807, 2.05) is 6.07 Å². The second-order valence-electron chi connectivity index (χ2n) is 4.85. The Hall–Kier alpha value is -1.91. The first kappa shape index (κ1) is 17.1. The van der Waals surface area contributed by atoms with E-state index in [1.165, 1.54) is 6.07 Å². The van der Waals surface area contributed by atoms with E-state index >= 15 is 0 Å². The van der Waals surface area contributed by atoms with Crippen LogP contribution >= 0.6 is 0 Å². The smallest absolute Gasteiger partial charge is 0.306 e. The number of rotatable bonds is 8. The van der Waals surface area contributed by atoms with E-state index in [0.29, 0.717) is 24.0 Å². The van der Waals surface area contributed by atoms with Crippen LogP contribution in [0.4, 0.5) is 0 Å². The molecule has 1 unspecified atom stereocenters. The molecule has 0 aliphatic heterocycles. The molecular weight excluding hydrogens is 292 g/mol. The second kappa shape index (κ2) is 7.76. The number of carbonyl (C=O) groups is 1. The number of nitrogens with one attached hydrogen (secondary N) is 1. The third-order valence-corrected chi connectivity index (χ3v) is 4.33. The fourth-order valence-corrected chi connectivity index (χ4v) is 2.94. The van der Waals surface area contributed by atoms with E-state index in [-0.39, 0.29) is 12.3 Å². The lowest BCUT2D eigenvalue weighted by Gasteiger charge is -2.08. The van der Waals surface area contributed by atoms with Gasteiger partial charge in [0.25, 0.3) is 0 Å². The molecule has 0 aromatic heterocycles. The summed E-state index contributed by atoms with van der Waals surface area (Å²) >= 11 is 0. The predicted octanol–water partition coefficient (Wildman–Crippen LogP) is 1.48. The van der Waals surface area contributed by atoms with E-state index in [4.69, 9.17) is 10.4 Å². The van der Waals surface area contributed by atoms with Crippen LogP contribution in [0.3, 0.4) is 0 Å². The topological polar surface area (TPSA) is 107 Å². The van der Waals surface area contributed by atoms with Crippen LogP contribution in [0.1, 0.15) is 30.9 Å². The summed E-state index contributed by atoms with van der Waals surface area (Å²) in [5.74, 6) is -1.57. The summed E-state index contributed by atoms with van der Waals surface area (Å²) in [7, 11) is -3.48. The van der Waals surface area contributed by atoms with E-state index in [0.717, 1.165) is 0 Å². The van der Waals surface area contributed by atoms with Crippen molar-refractivity contribution in [3.8, 4) is 6.07 Å². The largest absolute Gasteiger partial charge is 0.481 e. The third kappa shape index (κ3) is 6.38. The molecule has 1 aromatic carbocycles. The van der Waals surface area contributed by atoms with Gasteiger partial charge in [-0.25, -0.2) is 13.1 Å². The molecule has 1 rings (SSSR count). The Labute approximate surface area is 124 Å². The van der Waals surface area contributed by atoms with Crippen LogP contribution < -0.4 is 4.72 Å². The highest BCUT2D eigenvalue weighted by atomic mass is 32.2. The van der Waals surface area contributed by atoms with Crippen molar-refractivity contribution in [1.82, 2.24) is 4.72 Å². The number of nitriles is 1. The fourth-order valence-electron chi connectivity index (χ4n) is 1.76. The fraction of sp³-hybridized carbons (Fsp3) is 0.429. The lowest BCUT2D eigenvalue weighted by Crippen LogP contribution is -2.26. The van der Waals surface area contributed by atoms with E-state index in [1.54, 1.807) is 25.1 Å². The van der Waals surface area contributed by atoms with Gasteiger partial charge >= 0.3 is 5.97 Å². The summed E-state index contributed by atoms with van der Waals surface area (Å²) in [4.78, 5) is 10.6. The summed E-state index contributed by atoms with van der Waals surface area (Å²) in [6, 6.07) is 8.38. The molecule has 0 saturated heterocycles. The molecule has 0 bridgehead atoms. The predicted molar refractivity (Wildman–Crippen MR) is 77.8 cm³/mol. The van der Waals surface area contributed by atoms with Crippen LogP contribution in [0, 0.1) is 17.2 Å². The highest BCUT2D eigenvalue weighted by Crippen LogP contribution is 2.09. The number of carboxylic acids is 1. The second-order valence-corrected chi connectivity index (χ2v) is 6.65. The molecule has 0 heterocycles. The van der Waals surface area contributed by atoms with Gasteiger partial charge in [-0.05, 0) is 30.5 Å². The summed E-state index contributed by atoms with van der Waals surface area (Å²) in [5, 5.41) is 17.5. The number of carboxylic acid groups (broad SMARTS) is 1. The van der Waals surface area contributed by atoms with Crippen LogP contribution in [0.2, 0.25) is 0 Å². The van der Waals surface area contributed by atoms with Gasteiger partial charge in [-0.1, -0.05) is 19.1 Å². The quantitative estimate of drug-likeness (QED) is 0.707. The summed E-state index contributed by atoms with van der Waals surface area (Å²) in [6.45, 7) is 1.79. The standard InChI is InChI=1S/C14H18N2O4S/c1-11(14(17)18)4-3-7-16-21(19,20)10-13-6-2-5-12(8-13)9-15/h2,5-6,8,11,16H,3-4,7,10H2,1H3,(H,17,18). The number of sulfonamides is 1. The summed E-state index contributed by atoms with van der Waals surface area (Å²) < 4.78 is 26.2. The zero-order valence-corrected chi connectivity index (χ0v) is 12.6. The average molecular weight is 310 g/mol. The maximum atomic E-state index is 11.9. The molecule has 0 amide bonds. The lowest BCUT2D eigenvalue weighted by molar-refractivity contribution is -0.141. The maximum absolute atomic E-state index is 11.9. The summed E-state index contributed by atoms with van der Waals surface area (Å²) in [5.41, 5.74) is 0.957. The number of hydrogen-bond acceptors (Lipinski definition) is 4. The number of nitrogens with zero attached hydrogens (tertiary/aromatic N) is 1. The minimum Gasteiger partial charge on any atom is -0.481 e. The highest BCUT2D eigenvalue weighted by Gasteiger charge is 2.13. The van der Waals surface area contributed by atoms with Crippen molar-refractivity contribution < 1.29 is 18.3 Å². The molecule has 114 valence electrons. The van der Waals surface area contributed by atoms with Crippen molar-refractivity contribution in [2.45, 2.75) is 25.5 Å². The molecule has 7 heteroatoms. The Balaban J connectivity index is 2.47. The number of aliphatic carboxylic acids is 1. The molecular formula is C14H18N2O4S. The number of benzene rings is 1. The van der Waals surface area contributed by atoms with Crippen molar-refractivity contribution in [2.24, 2.45) is 5.92 Å². The van der Waals surface area contributed by atoms with E-state index < -0.39 is 21.9 Å². The van der Waals surface area contributed by atoms with Gasteiger partial charge in [0.2, 0.25) is 10.0 Å². The van der Waals surface area contributed by atoms with Crippen LogP contribution in [0.15, 0.2) is 24.3 Å². The van der Waals surface area contributed by atoms with Gasteiger partial charge < -0.3 is 5.11 Å². The van der Waals surface area contributed by atoms with Crippen LogP contribution in [-0.2, 0) is 20.6 Å². The van der Waals surface area contributed by atoms with Gasteiger partial charge in [0, 0.05) is 6.54 Å². The Morgan fingerprint density at radius 1 is 1.48 bits per heavy atom. The Bertz CT molecular complexity index is 635. The van der Waals surface area contributed by atoms with E-state index in [2.05, 4.69) is 4.72 Å². The zero-order valence-electron chi connectivity index (χ0n) is 11.7. The lowest BCUT2D eigenvalue weighted by atomic mass is 10.1. The van der Waals surface area contributed by atoms with Crippen molar-refractivity contribution in [1.29, 1.82) is 5.26 Å². The minimum atomic E-state index is -3.48. The first-order valence-corrected chi connectivity index (χ1v) is 8.18. The zero-order chi connectivity index (χ0) is 15.9. The van der Waals surface area contributed by atoms with E-state index in [9.17, 15) is 13.2 Å². The van der Waals surface area contributed by atoms with Crippen molar-refractivity contribution in [3.63, 3.8) is 0 Å². The third-order valence-electron chi connectivity index (χ3n) is 2.97. The van der Waals surface area contributed by atoms with Gasteiger partial charge in [0.15, 0.2) is 0 Å². The van der Waals surface area contributed by atoms with Gasteiger partial charge in [0.05, 0.1) is 23.3 Å². The van der Waals surface area contributed by atoms with Crippen molar-refractivity contribution in [3.05, 3.63) is 35.4 Å². The summed E-state index contributed by atoms with van der Waals surface area (Å²) in [6.07, 6.45) is 0.882. The average Bonchev–Trinajstić information content (AvgIpc) is 2.42. The van der Waals surface area contributed by atoms with Crippen LogP contribution in [0.5, 0.6) is 0 Å². The molecule has 1 atom stereocenters. The number of hydrogen-bond donors (Lipinski definition) is 2. The molecule has 2 N–H and O–H groups in total. The Morgan fingerprint density at radius 3 is 2.81 bits per heavy atom. The Kier molecular flexibility index (Phi) is 6.34. The van der Waals surface area contributed by atoms with Crippen LogP contribution in [-0.4, -0.2) is 26.0 Å². The van der Waals surface area contributed by atoms with Gasteiger partial charge in [-0.2, -0.15) is 5.26 Å². The molecule has 0 fully saturated rings. The molecule has 1 aromatic rings. The van der Waals surface area contributed by atoms with Crippen LogP contribution in [0.25, 0.3) is 0 Å². The minimum absolute atomic E-state index is 0.197. The molecule has 0 saturated carbocycles. The van der Waals surface area contributed by atoms with Gasteiger partial charge in [-0.15, -0.1) is 0 Å². The molecule has 0 spiro atoms. The molecule has 6 nitrogen and oxygen atoms in total. The molecule has 0 aliphatic carbocycles.